The van der Waals surface area contributed by atoms with Gasteiger partial charge < -0.3 is 15.1 Å². The van der Waals surface area contributed by atoms with Gasteiger partial charge >= 0.3 is 0 Å². The predicted octanol–water partition coefficient (Wildman–Crippen LogP) is 1.50. The van der Waals surface area contributed by atoms with Gasteiger partial charge in [0.1, 0.15) is 0 Å². The molecule has 5 heteroatoms. The number of aromatic nitrogens is 2. The molecule has 1 N–H and O–H groups in total. The van der Waals surface area contributed by atoms with Crippen molar-refractivity contribution in [3.63, 3.8) is 0 Å². The number of likely N-dealkylation sites (N-methyl/N-ethyl adjacent to an activating group) is 2. The first-order chi connectivity index (χ1) is 9.56. The molecule has 1 saturated heterocycles. The van der Waals surface area contributed by atoms with Crippen molar-refractivity contribution in [2.45, 2.75) is 45.3 Å². The van der Waals surface area contributed by atoms with Gasteiger partial charge in [0.15, 0.2) is 5.82 Å². The Kier molecular flexibility index (Phi) is 5.31. The van der Waals surface area contributed by atoms with Gasteiger partial charge in [0, 0.05) is 32.2 Å². The van der Waals surface area contributed by atoms with Crippen molar-refractivity contribution in [2.75, 3.05) is 32.1 Å². The van der Waals surface area contributed by atoms with Crippen LogP contribution >= 0.6 is 0 Å². The van der Waals surface area contributed by atoms with E-state index < -0.39 is 0 Å². The van der Waals surface area contributed by atoms with Crippen molar-refractivity contribution >= 4 is 5.82 Å². The van der Waals surface area contributed by atoms with Crippen LogP contribution in [0.1, 0.15) is 32.4 Å². The Morgan fingerprint density at radius 3 is 2.80 bits per heavy atom. The molecule has 1 aliphatic heterocycles. The Morgan fingerprint density at radius 1 is 1.40 bits per heavy atom. The fourth-order valence-corrected chi connectivity index (χ4v) is 2.59. The first-order valence-corrected chi connectivity index (χ1v) is 7.53. The highest BCUT2D eigenvalue weighted by Gasteiger charge is 2.22. The molecule has 0 aromatic carbocycles. The lowest BCUT2D eigenvalue weighted by atomic mass is 10.1. The van der Waals surface area contributed by atoms with Crippen molar-refractivity contribution in [3.05, 3.63) is 17.8 Å². The summed E-state index contributed by atoms with van der Waals surface area (Å²) >= 11 is 0. The van der Waals surface area contributed by atoms with E-state index >= 15 is 0 Å². The number of nitrogens with zero attached hydrogens (tertiary/aromatic N) is 4. The standard InChI is InChI=1S/C15H27N5/c1-12(2)16-10-13-7-8-15(18-17-13)20(4)14-6-5-9-19(3)11-14/h7-8,12,14,16H,5-6,9-11H2,1-4H3. The van der Waals surface area contributed by atoms with E-state index in [-0.39, 0.29) is 0 Å². The average molecular weight is 277 g/mol. The lowest BCUT2D eigenvalue weighted by Gasteiger charge is -2.36. The van der Waals surface area contributed by atoms with Crippen LogP contribution in [-0.4, -0.2) is 54.4 Å². The van der Waals surface area contributed by atoms with Gasteiger partial charge in [-0.3, -0.25) is 0 Å². The second kappa shape index (κ2) is 6.99. The molecule has 2 rings (SSSR count). The molecule has 112 valence electrons. The molecule has 0 bridgehead atoms. The highest BCUT2D eigenvalue weighted by atomic mass is 15.3. The average Bonchev–Trinajstić information content (AvgIpc) is 2.45. The molecule has 1 unspecified atom stereocenters. The fraction of sp³-hybridized carbons (Fsp3) is 0.733. The summed E-state index contributed by atoms with van der Waals surface area (Å²) in [7, 11) is 4.31. The largest absolute Gasteiger partial charge is 0.354 e. The third-order valence-corrected chi connectivity index (χ3v) is 3.91. The summed E-state index contributed by atoms with van der Waals surface area (Å²) in [5, 5.41) is 12.0. The number of rotatable bonds is 5. The first-order valence-electron chi connectivity index (χ1n) is 7.53. The Balaban J connectivity index is 1.94. The fourth-order valence-electron chi connectivity index (χ4n) is 2.59. The van der Waals surface area contributed by atoms with Crippen molar-refractivity contribution in [1.29, 1.82) is 0 Å². The molecule has 0 radical (unpaired) electrons. The number of likely N-dealkylation sites (tertiary alicyclic amines) is 1. The maximum atomic E-state index is 4.37. The molecule has 1 aromatic rings. The van der Waals surface area contributed by atoms with Gasteiger partial charge in [-0.15, -0.1) is 5.10 Å². The molecular formula is C15H27N5. The molecule has 0 spiro atoms. The van der Waals surface area contributed by atoms with E-state index in [1.54, 1.807) is 0 Å². The molecule has 0 amide bonds. The normalized spacial score (nSPS) is 20.4. The van der Waals surface area contributed by atoms with Crippen LogP contribution in [-0.2, 0) is 6.54 Å². The van der Waals surface area contributed by atoms with Crippen LogP contribution < -0.4 is 10.2 Å². The SMILES string of the molecule is CC(C)NCc1ccc(N(C)C2CCCN(C)C2)nn1. The van der Waals surface area contributed by atoms with E-state index in [2.05, 4.69) is 65.4 Å². The summed E-state index contributed by atoms with van der Waals surface area (Å²) in [5.41, 5.74) is 0.997. The van der Waals surface area contributed by atoms with Crippen LogP contribution in [0.3, 0.4) is 0 Å². The molecule has 1 fully saturated rings. The van der Waals surface area contributed by atoms with Crippen LogP contribution in [0, 0.1) is 0 Å². The third kappa shape index (κ3) is 4.15. The Morgan fingerprint density at radius 2 is 2.20 bits per heavy atom. The Bertz CT molecular complexity index is 403. The molecule has 5 nitrogen and oxygen atoms in total. The summed E-state index contributed by atoms with van der Waals surface area (Å²) in [4.78, 5) is 4.65. The van der Waals surface area contributed by atoms with E-state index in [0.29, 0.717) is 12.1 Å². The van der Waals surface area contributed by atoms with E-state index in [4.69, 9.17) is 0 Å². The minimum atomic E-state index is 0.469. The summed E-state index contributed by atoms with van der Waals surface area (Å²) in [6.07, 6.45) is 2.49. The topological polar surface area (TPSA) is 44.3 Å². The zero-order valence-corrected chi connectivity index (χ0v) is 13.1. The zero-order chi connectivity index (χ0) is 14.5. The Labute approximate surface area is 122 Å². The number of piperidine rings is 1. The second-order valence-corrected chi connectivity index (χ2v) is 6.09. The minimum absolute atomic E-state index is 0.469. The lowest BCUT2D eigenvalue weighted by Crippen LogP contribution is -2.45. The monoisotopic (exact) mass is 277 g/mol. The van der Waals surface area contributed by atoms with Gasteiger partial charge in [0.25, 0.3) is 0 Å². The number of anilines is 1. The molecule has 1 atom stereocenters. The molecule has 0 aliphatic carbocycles. The number of nitrogens with one attached hydrogen (secondary N) is 1. The molecule has 20 heavy (non-hydrogen) atoms. The number of hydrogen-bond donors (Lipinski definition) is 1. The van der Waals surface area contributed by atoms with E-state index in [0.717, 1.165) is 24.6 Å². The van der Waals surface area contributed by atoms with E-state index in [9.17, 15) is 0 Å². The summed E-state index contributed by atoms with van der Waals surface area (Å²) in [6, 6.07) is 5.17. The van der Waals surface area contributed by atoms with Crippen molar-refractivity contribution < 1.29 is 0 Å². The van der Waals surface area contributed by atoms with Crippen LogP contribution in [0.4, 0.5) is 5.82 Å². The van der Waals surface area contributed by atoms with Gasteiger partial charge in [0.2, 0.25) is 0 Å². The molecule has 2 heterocycles. The van der Waals surface area contributed by atoms with Crippen LogP contribution in [0.25, 0.3) is 0 Å². The quantitative estimate of drug-likeness (QED) is 0.884. The minimum Gasteiger partial charge on any atom is -0.354 e. The van der Waals surface area contributed by atoms with Gasteiger partial charge in [-0.2, -0.15) is 5.10 Å². The summed E-state index contributed by atoms with van der Waals surface area (Å²) < 4.78 is 0. The van der Waals surface area contributed by atoms with Crippen LogP contribution in [0.15, 0.2) is 12.1 Å². The summed E-state index contributed by atoms with van der Waals surface area (Å²) in [5.74, 6) is 0.971. The molecule has 1 aliphatic rings. The Hall–Kier alpha value is -1.20. The van der Waals surface area contributed by atoms with Gasteiger partial charge in [-0.1, -0.05) is 13.8 Å². The van der Waals surface area contributed by atoms with Gasteiger partial charge in [-0.05, 0) is 38.6 Å². The smallest absolute Gasteiger partial charge is 0.151 e. The van der Waals surface area contributed by atoms with E-state index in [1.807, 2.05) is 0 Å². The maximum absolute atomic E-state index is 4.37. The van der Waals surface area contributed by atoms with Crippen molar-refractivity contribution in [1.82, 2.24) is 20.4 Å². The first kappa shape index (κ1) is 15.2. The van der Waals surface area contributed by atoms with E-state index in [1.165, 1.54) is 19.4 Å². The van der Waals surface area contributed by atoms with Crippen LogP contribution in [0.5, 0.6) is 0 Å². The summed E-state index contributed by atoms with van der Waals surface area (Å²) in [6.45, 7) is 7.36. The maximum Gasteiger partial charge on any atom is 0.151 e. The number of hydrogen-bond acceptors (Lipinski definition) is 5. The van der Waals surface area contributed by atoms with Crippen molar-refractivity contribution in [2.24, 2.45) is 0 Å². The van der Waals surface area contributed by atoms with Crippen molar-refractivity contribution in [3.8, 4) is 0 Å². The molecule has 1 aromatic heterocycles. The van der Waals surface area contributed by atoms with Crippen LogP contribution in [0.2, 0.25) is 0 Å². The highest BCUT2D eigenvalue weighted by molar-refractivity contribution is 5.37. The molecule has 0 saturated carbocycles. The second-order valence-electron chi connectivity index (χ2n) is 6.09. The van der Waals surface area contributed by atoms with Gasteiger partial charge in [0.05, 0.1) is 5.69 Å². The molecular weight excluding hydrogens is 250 g/mol. The van der Waals surface area contributed by atoms with Gasteiger partial charge in [-0.25, -0.2) is 0 Å². The third-order valence-electron chi connectivity index (χ3n) is 3.91. The highest BCUT2D eigenvalue weighted by Crippen LogP contribution is 2.18. The predicted molar refractivity (Wildman–Crippen MR) is 82.9 cm³/mol. The lowest BCUT2D eigenvalue weighted by molar-refractivity contribution is 0.247. The zero-order valence-electron chi connectivity index (χ0n) is 13.1.